The number of carboxylic acids is 1. The maximum atomic E-state index is 13.2. The molecule has 8 heteroatoms. The minimum atomic E-state index is -4.65. The third-order valence-electron chi connectivity index (χ3n) is 5.60. The van der Waals surface area contributed by atoms with Crippen molar-refractivity contribution >= 4 is 11.9 Å². The van der Waals surface area contributed by atoms with Crippen molar-refractivity contribution in [3.63, 3.8) is 0 Å². The van der Waals surface area contributed by atoms with Crippen LogP contribution in [0.25, 0.3) is 0 Å². The van der Waals surface area contributed by atoms with E-state index < -0.39 is 48.4 Å². The molecule has 0 spiro atoms. The van der Waals surface area contributed by atoms with Crippen molar-refractivity contribution in [2.24, 2.45) is 11.8 Å². The Morgan fingerprint density at radius 3 is 2.19 bits per heavy atom. The van der Waals surface area contributed by atoms with Crippen LogP contribution in [0.4, 0.5) is 13.2 Å². The normalized spacial score (nSPS) is 24.8. The molecule has 1 saturated carbocycles. The number of halogens is 3. The lowest BCUT2D eigenvalue weighted by Gasteiger charge is -2.43. The summed E-state index contributed by atoms with van der Waals surface area (Å²) in [5, 5.41) is 9.14. The minimum Gasteiger partial charge on any atom is -0.497 e. The Hall–Kier alpha value is -2.25. The topological polar surface area (TPSA) is 66.8 Å². The third kappa shape index (κ3) is 3.01. The van der Waals surface area contributed by atoms with E-state index >= 15 is 0 Å². The van der Waals surface area contributed by atoms with Crippen LogP contribution in [-0.4, -0.2) is 48.3 Å². The summed E-state index contributed by atoms with van der Waals surface area (Å²) in [5.74, 6) is -4.95. The van der Waals surface area contributed by atoms with Crippen LogP contribution in [0.2, 0.25) is 0 Å². The number of methoxy groups -OCH3 is 1. The van der Waals surface area contributed by atoms with Gasteiger partial charge in [-0.15, -0.1) is 0 Å². The van der Waals surface area contributed by atoms with Gasteiger partial charge in [-0.1, -0.05) is 18.6 Å². The van der Waals surface area contributed by atoms with Gasteiger partial charge in [0.15, 0.2) is 0 Å². The molecule has 3 rings (SSSR count). The Kier molecular flexibility index (Phi) is 4.62. The number of benzene rings is 1. The van der Waals surface area contributed by atoms with E-state index in [1.165, 1.54) is 7.11 Å². The Morgan fingerprint density at radius 2 is 1.81 bits per heavy atom. The SMILES string of the molecule is COc1ccc(C2(C(=O)N3C[C@@H](C(F)(F)F)[C@H](C(=O)O)C3)CCC2)cc1. The van der Waals surface area contributed by atoms with Crippen molar-refractivity contribution in [1.29, 1.82) is 0 Å². The molecule has 0 radical (unpaired) electrons. The molecule has 1 N–H and O–H groups in total. The fourth-order valence-corrected chi connectivity index (χ4v) is 3.92. The molecule has 1 aliphatic heterocycles. The lowest BCUT2D eigenvalue weighted by molar-refractivity contribution is -0.188. The molecule has 0 aromatic heterocycles. The third-order valence-corrected chi connectivity index (χ3v) is 5.60. The molecular formula is C18H20F3NO4. The van der Waals surface area contributed by atoms with Gasteiger partial charge in [0.25, 0.3) is 0 Å². The highest BCUT2D eigenvalue weighted by atomic mass is 19.4. The number of rotatable bonds is 4. The quantitative estimate of drug-likeness (QED) is 0.884. The van der Waals surface area contributed by atoms with Crippen LogP contribution in [0.15, 0.2) is 24.3 Å². The Balaban J connectivity index is 1.86. The van der Waals surface area contributed by atoms with E-state index in [4.69, 9.17) is 9.84 Å². The summed E-state index contributed by atoms with van der Waals surface area (Å²) in [4.78, 5) is 25.4. The molecule has 1 amide bonds. The first-order valence-corrected chi connectivity index (χ1v) is 8.42. The number of nitrogens with zero attached hydrogens (tertiary/aromatic N) is 1. The van der Waals surface area contributed by atoms with Crippen LogP contribution in [0, 0.1) is 11.8 Å². The van der Waals surface area contributed by atoms with E-state index in [1.807, 2.05) is 0 Å². The summed E-state index contributed by atoms with van der Waals surface area (Å²) in [6, 6.07) is 6.93. The van der Waals surface area contributed by atoms with E-state index in [-0.39, 0.29) is 0 Å². The molecule has 1 aromatic carbocycles. The second-order valence-electron chi connectivity index (χ2n) is 6.97. The highest BCUT2D eigenvalue weighted by molar-refractivity contribution is 5.90. The molecule has 142 valence electrons. The lowest BCUT2D eigenvalue weighted by Crippen LogP contribution is -2.50. The summed E-state index contributed by atoms with van der Waals surface area (Å²) in [5.41, 5.74) is -0.132. The number of hydrogen-bond donors (Lipinski definition) is 1. The van der Waals surface area contributed by atoms with Gasteiger partial charge in [0.1, 0.15) is 5.75 Å². The number of ether oxygens (including phenoxy) is 1. The molecule has 26 heavy (non-hydrogen) atoms. The largest absolute Gasteiger partial charge is 0.497 e. The van der Waals surface area contributed by atoms with E-state index in [9.17, 15) is 22.8 Å². The predicted molar refractivity (Wildman–Crippen MR) is 85.8 cm³/mol. The number of likely N-dealkylation sites (tertiary alicyclic amines) is 1. The summed E-state index contributed by atoms with van der Waals surface area (Å²) < 4.78 is 44.7. The van der Waals surface area contributed by atoms with Crippen LogP contribution in [-0.2, 0) is 15.0 Å². The van der Waals surface area contributed by atoms with Gasteiger partial charge >= 0.3 is 12.1 Å². The molecule has 2 fully saturated rings. The number of carboxylic acid groups (broad SMARTS) is 1. The predicted octanol–water partition coefficient (Wildman–Crippen LogP) is 2.84. The first-order chi connectivity index (χ1) is 12.2. The first-order valence-electron chi connectivity index (χ1n) is 8.42. The van der Waals surface area contributed by atoms with Gasteiger partial charge < -0.3 is 14.7 Å². The second-order valence-corrected chi connectivity index (χ2v) is 6.97. The van der Waals surface area contributed by atoms with E-state index in [0.29, 0.717) is 18.6 Å². The summed E-state index contributed by atoms with van der Waals surface area (Å²) in [6.45, 7) is -1.01. The average molecular weight is 371 g/mol. The molecule has 1 aliphatic carbocycles. The van der Waals surface area contributed by atoms with Gasteiger partial charge in [0, 0.05) is 13.1 Å². The number of carbonyl (C=O) groups is 2. The number of carbonyl (C=O) groups excluding carboxylic acids is 1. The fourth-order valence-electron chi connectivity index (χ4n) is 3.92. The summed E-state index contributed by atoms with van der Waals surface area (Å²) in [6.07, 6.45) is -2.76. The maximum Gasteiger partial charge on any atom is 0.394 e. The summed E-state index contributed by atoms with van der Waals surface area (Å²) in [7, 11) is 1.52. The molecule has 1 heterocycles. The number of hydrogen-bond acceptors (Lipinski definition) is 3. The van der Waals surface area contributed by atoms with Crippen molar-refractivity contribution in [1.82, 2.24) is 4.90 Å². The standard InChI is InChI=1S/C18H20F3NO4/c1-26-12-5-3-11(4-6-12)17(7-2-8-17)16(25)22-9-13(15(23)24)14(10-22)18(19,20)21/h3-6,13-14H,2,7-10H2,1H3,(H,23,24)/t13-,14-/m1/s1. The van der Waals surface area contributed by atoms with Gasteiger partial charge in [-0.25, -0.2) is 0 Å². The van der Waals surface area contributed by atoms with Crippen molar-refractivity contribution in [2.45, 2.75) is 30.9 Å². The second kappa shape index (κ2) is 6.48. The van der Waals surface area contributed by atoms with E-state index in [2.05, 4.69) is 0 Å². The van der Waals surface area contributed by atoms with Crippen molar-refractivity contribution in [3.05, 3.63) is 29.8 Å². The molecule has 2 atom stereocenters. The zero-order valence-electron chi connectivity index (χ0n) is 14.3. The van der Waals surface area contributed by atoms with Gasteiger partial charge in [0.2, 0.25) is 5.91 Å². The molecule has 1 aromatic rings. The molecular weight excluding hydrogens is 351 g/mol. The first kappa shape index (κ1) is 18.5. The van der Waals surface area contributed by atoms with Crippen molar-refractivity contribution in [2.75, 3.05) is 20.2 Å². The fraction of sp³-hybridized carbons (Fsp3) is 0.556. The van der Waals surface area contributed by atoms with Crippen LogP contribution < -0.4 is 4.74 Å². The lowest BCUT2D eigenvalue weighted by atomic mass is 9.63. The smallest absolute Gasteiger partial charge is 0.394 e. The highest BCUT2D eigenvalue weighted by Crippen LogP contribution is 2.47. The van der Waals surface area contributed by atoms with Gasteiger partial charge in [-0.3, -0.25) is 9.59 Å². The monoisotopic (exact) mass is 371 g/mol. The van der Waals surface area contributed by atoms with Gasteiger partial charge in [-0.2, -0.15) is 13.2 Å². The molecule has 0 bridgehead atoms. The van der Waals surface area contributed by atoms with Crippen LogP contribution in [0.3, 0.4) is 0 Å². The Morgan fingerprint density at radius 1 is 1.19 bits per heavy atom. The molecule has 2 aliphatic rings. The number of alkyl halides is 3. The average Bonchev–Trinajstić information content (AvgIpc) is 3.00. The van der Waals surface area contributed by atoms with Crippen molar-refractivity contribution < 1.29 is 32.6 Å². The van der Waals surface area contributed by atoms with E-state index in [0.717, 1.165) is 16.9 Å². The maximum absolute atomic E-state index is 13.2. The highest BCUT2D eigenvalue weighted by Gasteiger charge is 2.56. The number of amides is 1. The Labute approximate surface area is 148 Å². The van der Waals surface area contributed by atoms with Crippen LogP contribution >= 0.6 is 0 Å². The molecule has 0 unspecified atom stereocenters. The number of aliphatic carboxylic acids is 1. The zero-order valence-corrected chi connectivity index (χ0v) is 14.3. The van der Waals surface area contributed by atoms with Gasteiger partial charge in [0.05, 0.1) is 24.4 Å². The van der Waals surface area contributed by atoms with Gasteiger partial charge in [-0.05, 0) is 30.5 Å². The Bertz CT molecular complexity index is 697. The van der Waals surface area contributed by atoms with Crippen LogP contribution in [0.1, 0.15) is 24.8 Å². The summed E-state index contributed by atoms with van der Waals surface area (Å²) >= 11 is 0. The van der Waals surface area contributed by atoms with Crippen molar-refractivity contribution in [3.8, 4) is 5.75 Å². The minimum absolute atomic E-state index is 0.406. The van der Waals surface area contributed by atoms with E-state index in [1.54, 1.807) is 24.3 Å². The zero-order chi connectivity index (χ0) is 19.1. The van der Waals surface area contributed by atoms with Crippen LogP contribution in [0.5, 0.6) is 5.75 Å². The molecule has 5 nitrogen and oxygen atoms in total. The molecule has 1 saturated heterocycles.